The van der Waals surface area contributed by atoms with Crippen LogP contribution in [0.1, 0.15) is 41.8 Å². The zero-order chi connectivity index (χ0) is 12.5. The van der Waals surface area contributed by atoms with Gasteiger partial charge < -0.3 is 4.90 Å². The fourth-order valence-corrected chi connectivity index (χ4v) is 4.72. The van der Waals surface area contributed by atoms with Crippen molar-refractivity contribution in [2.75, 3.05) is 13.1 Å². The van der Waals surface area contributed by atoms with Gasteiger partial charge in [-0.25, -0.2) is 0 Å². The fraction of sp³-hybridized carbons (Fsp3) is 0.643. The number of nitrogens with zero attached hydrogens (tertiary/aromatic N) is 1. The third-order valence-corrected chi connectivity index (χ3v) is 5.97. The van der Waals surface area contributed by atoms with Crippen LogP contribution in [0, 0.1) is 11.8 Å². The van der Waals surface area contributed by atoms with Gasteiger partial charge in [-0.2, -0.15) is 0 Å². The summed E-state index contributed by atoms with van der Waals surface area (Å²) < 4.78 is 1.04. The maximum absolute atomic E-state index is 12.4. The normalized spacial score (nSPS) is 27.9. The lowest BCUT2D eigenvalue weighted by atomic mass is 9.75. The van der Waals surface area contributed by atoms with Crippen LogP contribution < -0.4 is 0 Å². The van der Waals surface area contributed by atoms with E-state index in [0.29, 0.717) is 0 Å². The molecule has 2 heterocycles. The number of carbonyl (C=O) groups excluding carboxylic acids is 1. The van der Waals surface area contributed by atoms with Crippen LogP contribution in [0.3, 0.4) is 0 Å². The smallest absolute Gasteiger partial charge is 0.263 e. The van der Waals surface area contributed by atoms with E-state index in [-0.39, 0.29) is 5.91 Å². The molecule has 2 fully saturated rings. The number of hydrogen-bond donors (Lipinski definition) is 0. The molecule has 2 nitrogen and oxygen atoms in total. The first-order chi connectivity index (χ1) is 8.74. The van der Waals surface area contributed by atoms with E-state index in [2.05, 4.69) is 20.8 Å². The van der Waals surface area contributed by atoms with Gasteiger partial charge in [-0.15, -0.1) is 11.3 Å². The molecule has 2 unspecified atom stereocenters. The topological polar surface area (TPSA) is 20.3 Å². The number of hydrogen-bond acceptors (Lipinski definition) is 2. The minimum atomic E-state index is 0.231. The summed E-state index contributed by atoms with van der Waals surface area (Å²) in [7, 11) is 0. The number of rotatable bonds is 1. The van der Waals surface area contributed by atoms with Crippen LogP contribution in [-0.4, -0.2) is 23.9 Å². The zero-order valence-electron chi connectivity index (χ0n) is 10.4. The summed E-state index contributed by atoms with van der Waals surface area (Å²) in [4.78, 5) is 15.3. The Kier molecular flexibility index (Phi) is 3.76. The van der Waals surface area contributed by atoms with Crippen LogP contribution in [0.5, 0.6) is 0 Å². The van der Waals surface area contributed by atoms with Crippen LogP contribution in [0.2, 0.25) is 0 Å². The highest BCUT2D eigenvalue weighted by Gasteiger charge is 2.33. The molecule has 18 heavy (non-hydrogen) atoms. The standard InChI is InChI=1S/C14H18BrNOS/c15-13-6-5-12(18-13)14(17)16-8-7-10-3-1-2-4-11(10)9-16/h5-6,10-11H,1-4,7-9H2. The molecule has 0 spiro atoms. The van der Waals surface area contributed by atoms with E-state index in [1.807, 2.05) is 12.1 Å². The summed E-state index contributed by atoms with van der Waals surface area (Å²) in [5.74, 6) is 1.88. The molecule has 1 saturated heterocycles. The molecular weight excluding hydrogens is 310 g/mol. The maximum Gasteiger partial charge on any atom is 0.263 e. The molecule has 0 N–H and O–H groups in total. The second kappa shape index (κ2) is 5.33. The van der Waals surface area contributed by atoms with Gasteiger partial charge in [0.15, 0.2) is 0 Å². The second-order valence-corrected chi connectivity index (χ2v) is 7.91. The van der Waals surface area contributed by atoms with Crippen molar-refractivity contribution in [2.24, 2.45) is 11.8 Å². The van der Waals surface area contributed by atoms with Gasteiger partial charge in [-0.3, -0.25) is 4.79 Å². The van der Waals surface area contributed by atoms with E-state index >= 15 is 0 Å². The molecule has 0 aromatic carbocycles. The third-order valence-electron chi connectivity index (χ3n) is 4.36. The number of amides is 1. The van der Waals surface area contributed by atoms with E-state index in [1.165, 1.54) is 32.1 Å². The third kappa shape index (κ3) is 2.50. The first kappa shape index (κ1) is 12.7. The number of fused-ring (bicyclic) bond motifs is 1. The lowest BCUT2D eigenvalue weighted by Crippen LogP contribution is -2.44. The number of carbonyl (C=O) groups is 1. The fourth-order valence-electron chi connectivity index (χ4n) is 3.37. The summed E-state index contributed by atoms with van der Waals surface area (Å²) in [6, 6.07) is 3.90. The van der Waals surface area contributed by atoms with Gasteiger partial charge >= 0.3 is 0 Å². The highest BCUT2D eigenvalue weighted by atomic mass is 79.9. The van der Waals surface area contributed by atoms with Gasteiger partial charge in [0.2, 0.25) is 0 Å². The van der Waals surface area contributed by atoms with Crippen LogP contribution in [0.15, 0.2) is 15.9 Å². The Morgan fingerprint density at radius 3 is 2.72 bits per heavy atom. The number of halogens is 1. The van der Waals surface area contributed by atoms with E-state index in [9.17, 15) is 4.79 Å². The average molecular weight is 328 g/mol. The monoisotopic (exact) mass is 327 g/mol. The van der Waals surface area contributed by atoms with Gasteiger partial charge in [0.25, 0.3) is 5.91 Å². The Labute approximate surface area is 120 Å². The first-order valence-corrected chi connectivity index (χ1v) is 8.39. The van der Waals surface area contributed by atoms with Crippen LogP contribution in [0.4, 0.5) is 0 Å². The molecule has 1 aromatic heterocycles. The van der Waals surface area contributed by atoms with Crippen LogP contribution >= 0.6 is 27.3 Å². The Morgan fingerprint density at radius 2 is 2.00 bits per heavy atom. The highest BCUT2D eigenvalue weighted by molar-refractivity contribution is 9.11. The largest absolute Gasteiger partial charge is 0.338 e. The summed E-state index contributed by atoms with van der Waals surface area (Å²) in [6.45, 7) is 1.94. The summed E-state index contributed by atoms with van der Waals surface area (Å²) in [5.41, 5.74) is 0. The first-order valence-electron chi connectivity index (χ1n) is 6.78. The van der Waals surface area contributed by atoms with E-state index in [0.717, 1.165) is 33.6 Å². The zero-order valence-corrected chi connectivity index (χ0v) is 12.8. The Balaban J connectivity index is 1.68. The summed E-state index contributed by atoms with van der Waals surface area (Å²) >= 11 is 4.97. The van der Waals surface area contributed by atoms with Crippen LogP contribution in [-0.2, 0) is 0 Å². The van der Waals surface area contributed by atoms with Gasteiger partial charge in [-0.1, -0.05) is 19.3 Å². The van der Waals surface area contributed by atoms with Crippen molar-refractivity contribution in [3.05, 3.63) is 20.8 Å². The van der Waals surface area contributed by atoms with Crippen molar-refractivity contribution in [1.29, 1.82) is 0 Å². The van der Waals surface area contributed by atoms with Crippen LogP contribution in [0.25, 0.3) is 0 Å². The van der Waals surface area contributed by atoms with Crippen molar-refractivity contribution in [3.8, 4) is 0 Å². The average Bonchev–Trinajstić information content (AvgIpc) is 2.84. The maximum atomic E-state index is 12.4. The number of thiophene rings is 1. The Morgan fingerprint density at radius 1 is 1.22 bits per heavy atom. The lowest BCUT2D eigenvalue weighted by molar-refractivity contribution is 0.0525. The number of likely N-dealkylation sites (tertiary alicyclic amines) is 1. The SMILES string of the molecule is O=C(c1ccc(Br)s1)N1CCC2CCCCC2C1. The molecule has 1 aliphatic heterocycles. The van der Waals surface area contributed by atoms with Gasteiger partial charge in [0.05, 0.1) is 8.66 Å². The molecule has 0 bridgehead atoms. The Bertz CT molecular complexity index is 445. The van der Waals surface area contributed by atoms with E-state index in [1.54, 1.807) is 11.3 Å². The molecule has 2 atom stereocenters. The van der Waals surface area contributed by atoms with Crippen molar-refractivity contribution in [3.63, 3.8) is 0 Å². The van der Waals surface area contributed by atoms with E-state index < -0.39 is 0 Å². The molecular formula is C14H18BrNOS. The predicted octanol–water partition coefficient (Wildman–Crippen LogP) is 4.16. The molecule has 3 rings (SSSR count). The van der Waals surface area contributed by atoms with Crippen molar-refractivity contribution < 1.29 is 4.79 Å². The van der Waals surface area contributed by atoms with Gasteiger partial charge in [0, 0.05) is 13.1 Å². The van der Waals surface area contributed by atoms with E-state index in [4.69, 9.17) is 0 Å². The minimum absolute atomic E-state index is 0.231. The Hall–Kier alpha value is -0.350. The predicted molar refractivity (Wildman–Crippen MR) is 78.0 cm³/mol. The second-order valence-electron chi connectivity index (χ2n) is 5.45. The highest BCUT2D eigenvalue weighted by Crippen LogP contribution is 2.36. The number of piperidine rings is 1. The van der Waals surface area contributed by atoms with Gasteiger partial charge in [0.1, 0.15) is 0 Å². The molecule has 1 amide bonds. The van der Waals surface area contributed by atoms with Crippen molar-refractivity contribution in [1.82, 2.24) is 4.90 Å². The van der Waals surface area contributed by atoms with Crippen molar-refractivity contribution in [2.45, 2.75) is 32.1 Å². The minimum Gasteiger partial charge on any atom is -0.338 e. The molecule has 1 aliphatic carbocycles. The molecule has 98 valence electrons. The van der Waals surface area contributed by atoms with Gasteiger partial charge in [-0.05, 0) is 52.7 Å². The molecule has 1 aromatic rings. The van der Waals surface area contributed by atoms with Crippen molar-refractivity contribution >= 4 is 33.2 Å². The molecule has 4 heteroatoms. The summed E-state index contributed by atoms with van der Waals surface area (Å²) in [5, 5.41) is 0. The lowest BCUT2D eigenvalue weighted by Gasteiger charge is -2.41. The summed E-state index contributed by atoms with van der Waals surface area (Å²) in [6.07, 6.45) is 6.67. The molecule has 1 saturated carbocycles. The molecule has 2 aliphatic rings. The quantitative estimate of drug-likeness (QED) is 0.758. The molecule has 0 radical (unpaired) electrons.